The topological polar surface area (TPSA) is 93.7 Å². The van der Waals surface area contributed by atoms with Crippen LogP contribution >= 0.6 is 11.5 Å². The van der Waals surface area contributed by atoms with E-state index in [0.717, 1.165) is 42.3 Å². The van der Waals surface area contributed by atoms with Gasteiger partial charge in [-0.15, -0.1) is 10.2 Å². The Balaban J connectivity index is 1.97. The number of azo groups is 1. The highest BCUT2D eigenvalue weighted by Crippen LogP contribution is 2.35. The van der Waals surface area contributed by atoms with Crippen molar-refractivity contribution < 1.29 is 4.79 Å². The zero-order valence-corrected chi connectivity index (χ0v) is 19.3. The van der Waals surface area contributed by atoms with Crippen LogP contribution in [-0.4, -0.2) is 16.8 Å². The summed E-state index contributed by atoms with van der Waals surface area (Å²) in [7, 11) is 0. The number of para-hydroxylation sites is 1. The Morgan fingerprint density at radius 1 is 1.16 bits per heavy atom. The molecule has 0 aliphatic carbocycles. The molecule has 7 nitrogen and oxygen atoms in total. The van der Waals surface area contributed by atoms with Crippen molar-refractivity contribution in [2.45, 2.75) is 40.0 Å². The molecular formula is C24H26N6OS. The number of unbranched alkanes of at least 4 members (excludes halogenated alkanes) is 1. The third kappa shape index (κ3) is 5.56. The molecule has 164 valence electrons. The Kier molecular flexibility index (Phi) is 8.06. The second-order valence-corrected chi connectivity index (χ2v) is 7.94. The summed E-state index contributed by atoms with van der Waals surface area (Å²) in [4.78, 5) is 14.6. The Labute approximate surface area is 192 Å². The molecule has 0 spiro atoms. The second-order valence-electron chi connectivity index (χ2n) is 7.19. The summed E-state index contributed by atoms with van der Waals surface area (Å²) >= 11 is 1.13. The van der Waals surface area contributed by atoms with Gasteiger partial charge >= 0.3 is 0 Å². The first-order chi connectivity index (χ1) is 15.6. The number of nitrogens with one attached hydrogen (secondary N) is 1. The Bertz CT molecular complexity index is 1130. The van der Waals surface area contributed by atoms with Crippen molar-refractivity contribution in [2.75, 3.05) is 16.8 Å². The molecule has 32 heavy (non-hydrogen) atoms. The molecule has 0 radical (unpaired) electrons. The van der Waals surface area contributed by atoms with Crippen LogP contribution in [0.2, 0.25) is 0 Å². The van der Waals surface area contributed by atoms with Crippen molar-refractivity contribution >= 4 is 45.2 Å². The molecule has 2 aromatic carbocycles. The van der Waals surface area contributed by atoms with Crippen molar-refractivity contribution in [2.24, 2.45) is 10.2 Å². The van der Waals surface area contributed by atoms with E-state index >= 15 is 0 Å². The first kappa shape index (κ1) is 23.1. The molecular weight excluding hydrogens is 420 g/mol. The van der Waals surface area contributed by atoms with Crippen LogP contribution < -0.4 is 10.2 Å². The van der Waals surface area contributed by atoms with Gasteiger partial charge in [-0.05, 0) is 62.1 Å². The third-order valence-electron chi connectivity index (χ3n) is 4.91. The molecule has 8 heteroatoms. The highest BCUT2D eigenvalue weighted by Gasteiger charge is 2.14. The van der Waals surface area contributed by atoms with Gasteiger partial charge in [0.15, 0.2) is 5.00 Å². The number of aromatic nitrogens is 1. The maximum absolute atomic E-state index is 12.5. The van der Waals surface area contributed by atoms with E-state index in [9.17, 15) is 10.1 Å². The predicted octanol–water partition coefficient (Wildman–Crippen LogP) is 7.03. The number of carbonyl (C=O) groups is 1. The summed E-state index contributed by atoms with van der Waals surface area (Å²) in [5, 5.41) is 21.4. The lowest BCUT2D eigenvalue weighted by Crippen LogP contribution is -2.17. The van der Waals surface area contributed by atoms with Gasteiger partial charge < -0.3 is 10.2 Å². The highest BCUT2D eigenvalue weighted by molar-refractivity contribution is 7.10. The molecule has 0 saturated heterocycles. The van der Waals surface area contributed by atoms with Crippen LogP contribution in [0.5, 0.6) is 0 Å². The lowest BCUT2D eigenvalue weighted by molar-refractivity contribution is -0.116. The van der Waals surface area contributed by atoms with Crippen LogP contribution in [0.15, 0.2) is 58.8 Å². The fraction of sp³-hybridized carbons (Fsp3) is 0.292. The number of nitriles is 1. The first-order valence-corrected chi connectivity index (χ1v) is 11.4. The van der Waals surface area contributed by atoms with Crippen molar-refractivity contribution in [3.63, 3.8) is 0 Å². The maximum Gasteiger partial charge on any atom is 0.224 e. The van der Waals surface area contributed by atoms with Gasteiger partial charge in [-0.25, -0.2) is 0 Å². The average Bonchev–Trinajstić information content (AvgIpc) is 3.17. The van der Waals surface area contributed by atoms with Crippen LogP contribution in [0.3, 0.4) is 0 Å². The predicted molar refractivity (Wildman–Crippen MR) is 129 cm³/mol. The van der Waals surface area contributed by atoms with Crippen LogP contribution in [0.4, 0.5) is 27.8 Å². The van der Waals surface area contributed by atoms with Crippen molar-refractivity contribution in [1.82, 2.24) is 4.37 Å². The van der Waals surface area contributed by atoms with Gasteiger partial charge in [0.25, 0.3) is 0 Å². The first-order valence-electron chi connectivity index (χ1n) is 10.6. The Morgan fingerprint density at radius 2 is 1.94 bits per heavy atom. The van der Waals surface area contributed by atoms with Crippen molar-refractivity contribution in [3.8, 4) is 6.07 Å². The summed E-state index contributed by atoms with van der Waals surface area (Å²) in [6, 6.07) is 17.9. The average molecular weight is 447 g/mol. The normalized spacial score (nSPS) is 10.8. The standard InChI is InChI=1S/C24H26N6OS/c1-4-6-12-23(31)26-22-15-19(30(5-2)18-10-8-7-9-11-18)13-14-21(22)27-28-24-20(16-25)17(3)29-32-24/h7-11,13-15H,4-6,12H2,1-3H3,(H,26,31)/b28-27+. The summed E-state index contributed by atoms with van der Waals surface area (Å²) in [5.74, 6) is -0.0606. The molecule has 1 amide bonds. The number of hydrogen-bond donors (Lipinski definition) is 1. The van der Waals surface area contributed by atoms with Gasteiger partial charge in [-0.2, -0.15) is 9.64 Å². The molecule has 0 bridgehead atoms. The fourth-order valence-corrected chi connectivity index (χ4v) is 3.88. The Morgan fingerprint density at radius 3 is 2.62 bits per heavy atom. The minimum Gasteiger partial charge on any atom is -0.342 e. The molecule has 1 aromatic heterocycles. The van der Waals surface area contributed by atoms with E-state index < -0.39 is 0 Å². The van der Waals surface area contributed by atoms with Crippen molar-refractivity contribution in [3.05, 3.63) is 59.8 Å². The lowest BCUT2D eigenvalue weighted by Gasteiger charge is -2.24. The van der Waals surface area contributed by atoms with Crippen LogP contribution in [0.1, 0.15) is 44.4 Å². The van der Waals surface area contributed by atoms with Crippen molar-refractivity contribution in [1.29, 1.82) is 5.26 Å². The largest absolute Gasteiger partial charge is 0.342 e. The van der Waals surface area contributed by atoms with Gasteiger partial charge in [0, 0.05) is 24.3 Å². The van der Waals surface area contributed by atoms with E-state index in [-0.39, 0.29) is 5.91 Å². The maximum atomic E-state index is 12.5. The number of aryl methyl sites for hydroxylation is 1. The summed E-state index contributed by atoms with van der Waals surface area (Å²) in [6.07, 6.45) is 2.21. The smallest absolute Gasteiger partial charge is 0.224 e. The molecule has 0 fully saturated rings. The molecule has 3 aromatic rings. The zero-order chi connectivity index (χ0) is 22.9. The van der Waals surface area contributed by atoms with Gasteiger partial charge in [-0.3, -0.25) is 4.79 Å². The number of carbonyl (C=O) groups excluding carboxylic acids is 1. The number of anilines is 3. The van der Waals surface area contributed by atoms with Gasteiger partial charge in [-0.1, -0.05) is 31.5 Å². The van der Waals surface area contributed by atoms with Gasteiger partial charge in [0.2, 0.25) is 5.91 Å². The van der Waals surface area contributed by atoms with Crippen LogP contribution in [0.25, 0.3) is 0 Å². The van der Waals surface area contributed by atoms with Crippen LogP contribution in [0, 0.1) is 18.3 Å². The van der Waals surface area contributed by atoms with E-state index in [2.05, 4.69) is 44.7 Å². The summed E-state index contributed by atoms with van der Waals surface area (Å²) in [5.41, 5.74) is 4.17. The summed E-state index contributed by atoms with van der Waals surface area (Å²) < 4.78 is 4.18. The number of hydrogen-bond acceptors (Lipinski definition) is 7. The molecule has 3 rings (SSSR count). The minimum absolute atomic E-state index is 0.0606. The van der Waals surface area contributed by atoms with Crippen LogP contribution in [-0.2, 0) is 4.79 Å². The lowest BCUT2D eigenvalue weighted by atomic mass is 10.2. The second kappa shape index (κ2) is 11.2. The van der Waals surface area contributed by atoms with Gasteiger partial charge in [0.1, 0.15) is 17.3 Å². The Hall–Kier alpha value is -3.57. The minimum atomic E-state index is -0.0606. The highest BCUT2D eigenvalue weighted by atomic mass is 32.1. The SMILES string of the molecule is CCCCC(=O)Nc1cc(N(CC)c2ccccc2)ccc1/N=N/c1snc(C)c1C#N. The molecule has 0 saturated carbocycles. The van der Waals surface area contributed by atoms with E-state index in [1.54, 1.807) is 6.92 Å². The molecule has 0 unspecified atom stereocenters. The monoisotopic (exact) mass is 446 g/mol. The molecule has 0 aliphatic rings. The number of nitrogens with zero attached hydrogens (tertiary/aromatic N) is 5. The molecule has 1 N–H and O–H groups in total. The molecule has 1 heterocycles. The van der Waals surface area contributed by atoms with E-state index in [0.29, 0.717) is 34.1 Å². The van der Waals surface area contributed by atoms with Gasteiger partial charge in [0.05, 0.1) is 11.4 Å². The number of rotatable bonds is 9. The summed E-state index contributed by atoms with van der Waals surface area (Å²) in [6.45, 7) is 6.66. The zero-order valence-electron chi connectivity index (χ0n) is 18.5. The third-order valence-corrected chi connectivity index (χ3v) is 5.74. The van der Waals surface area contributed by atoms with E-state index in [1.807, 2.05) is 48.5 Å². The van der Waals surface area contributed by atoms with E-state index in [1.165, 1.54) is 0 Å². The number of benzene rings is 2. The fourth-order valence-electron chi connectivity index (χ4n) is 3.21. The molecule has 0 aliphatic heterocycles. The molecule has 0 atom stereocenters. The number of amides is 1. The van der Waals surface area contributed by atoms with E-state index in [4.69, 9.17) is 0 Å². The quantitative estimate of drug-likeness (QED) is 0.357.